The number of thiophene rings is 1. The first-order valence-corrected chi connectivity index (χ1v) is 9.23. The van der Waals surface area contributed by atoms with E-state index in [2.05, 4.69) is 35.4 Å². The first kappa shape index (κ1) is 13.8. The summed E-state index contributed by atoms with van der Waals surface area (Å²) < 4.78 is 7.24. The van der Waals surface area contributed by atoms with Crippen LogP contribution in [0.15, 0.2) is 23.6 Å². The van der Waals surface area contributed by atoms with E-state index in [4.69, 9.17) is 4.74 Å². The Balaban J connectivity index is 1.50. The van der Waals surface area contributed by atoms with Crippen LogP contribution < -0.4 is 4.90 Å². The molecule has 2 aromatic rings. The van der Waals surface area contributed by atoms with Gasteiger partial charge in [-0.15, -0.1) is 11.3 Å². The molecule has 5 heteroatoms. The van der Waals surface area contributed by atoms with Gasteiger partial charge in [-0.1, -0.05) is 0 Å². The topological polar surface area (TPSA) is 32.8 Å². The molecule has 4 aliphatic heterocycles. The zero-order chi connectivity index (χ0) is 15.6. The lowest BCUT2D eigenvalue weighted by Gasteiger charge is -2.49. The van der Waals surface area contributed by atoms with Gasteiger partial charge in [0.2, 0.25) is 0 Å². The van der Waals surface area contributed by atoms with Gasteiger partial charge in [-0.25, -0.2) is 4.79 Å². The fraction of sp³-hybridized carbons (Fsp3) is 0.500. The summed E-state index contributed by atoms with van der Waals surface area (Å²) in [7, 11) is 0. The lowest BCUT2D eigenvalue weighted by Crippen LogP contribution is -2.61. The van der Waals surface area contributed by atoms with E-state index in [9.17, 15) is 4.79 Å². The Kier molecular flexibility index (Phi) is 2.83. The Morgan fingerprint density at radius 1 is 1.26 bits per heavy atom. The van der Waals surface area contributed by atoms with E-state index < -0.39 is 0 Å². The first-order chi connectivity index (χ1) is 11.1. The molecule has 4 nitrogen and oxygen atoms in total. The van der Waals surface area contributed by atoms with Crippen LogP contribution in [0.25, 0.3) is 10.1 Å². The molecule has 0 aliphatic carbocycles. The standard InChI is InChI=1S/C18H20N2O2S/c1-12-9-23-16-3-2-14(8-15(12)16)20-11-18(22-17(20)21)10-19-6-4-13(18)5-7-19/h2-3,8-9,13H,4-7,10-11H2,1H3/t18-/m1/s1. The van der Waals surface area contributed by atoms with Crippen molar-refractivity contribution in [3.63, 3.8) is 0 Å². The first-order valence-electron chi connectivity index (χ1n) is 8.35. The van der Waals surface area contributed by atoms with Crippen molar-refractivity contribution in [3.8, 4) is 0 Å². The minimum absolute atomic E-state index is 0.175. The van der Waals surface area contributed by atoms with Crippen molar-refractivity contribution in [1.29, 1.82) is 0 Å². The smallest absolute Gasteiger partial charge is 0.415 e. The summed E-state index contributed by atoms with van der Waals surface area (Å²) in [4.78, 5) is 16.9. The van der Waals surface area contributed by atoms with Crippen LogP contribution in [0.2, 0.25) is 0 Å². The highest BCUT2D eigenvalue weighted by atomic mass is 32.1. The molecule has 1 aromatic carbocycles. The quantitative estimate of drug-likeness (QED) is 0.801. The lowest BCUT2D eigenvalue weighted by atomic mass is 9.75. The number of ether oxygens (including phenoxy) is 1. The Hall–Kier alpha value is -1.59. The maximum Gasteiger partial charge on any atom is 0.415 e. The number of nitrogens with zero attached hydrogens (tertiary/aromatic N) is 2. The highest BCUT2D eigenvalue weighted by molar-refractivity contribution is 7.17. The molecule has 0 N–H and O–H groups in total. The van der Waals surface area contributed by atoms with Crippen LogP contribution in [0.3, 0.4) is 0 Å². The van der Waals surface area contributed by atoms with Crippen molar-refractivity contribution in [2.45, 2.75) is 25.4 Å². The number of carbonyl (C=O) groups excluding carboxylic acids is 1. The third-order valence-corrected chi connectivity index (χ3v) is 6.90. The van der Waals surface area contributed by atoms with Crippen LogP contribution in [0.4, 0.5) is 10.5 Å². The number of hydrogen-bond donors (Lipinski definition) is 0. The fourth-order valence-electron chi connectivity index (χ4n) is 4.52. The second-order valence-electron chi connectivity index (χ2n) is 7.17. The van der Waals surface area contributed by atoms with E-state index in [1.807, 2.05) is 4.90 Å². The van der Waals surface area contributed by atoms with E-state index >= 15 is 0 Å². The normalized spacial score (nSPS) is 32.9. The monoisotopic (exact) mass is 328 g/mol. The van der Waals surface area contributed by atoms with Gasteiger partial charge in [-0.05, 0) is 67.4 Å². The fourth-order valence-corrected chi connectivity index (χ4v) is 5.45. The predicted octanol–water partition coefficient (Wildman–Crippen LogP) is 3.63. The molecule has 0 saturated carbocycles. The molecule has 1 amide bonds. The molecule has 6 rings (SSSR count). The zero-order valence-electron chi connectivity index (χ0n) is 13.2. The Bertz CT molecular complexity index is 793. The van der Waals surface area contributed by atoms with Gasteiger partial charge in [0.05, 0.1) is 6.54 Å². The molecule has 1 aromatic heterocycles. The summed E-state index contributed by atoms with van der Waals surface area (Å²) in [6.45, 7) is 6.04. The molecule has 5 heterocycles. The summed E-state index contributed by atoms with van der Waals surface area (Å²) in [5.74, 6) is 0.521. The second kappa shape index (κ2) is 4.71. The van der Waals surface area contributed by atoms with E-state index in [0.717, 1.165) is 38.2 Å². The molecule has 0 unspecified atom stereocenters. The minimum atomic E-state index is -0.285. The number of benzene rings is 1. The van der Waals surface area contributed by atoms with Crippen molar-refractivity contribution >= 4 is 33.2 Å². The minimum Gasteiger partial charge on any atom is -0.439 e. The Labute approximate surface area is 139 Å². The molecule has 120 valence electrons. The number of carbonyl (C=O) groups is 1. The summed E-state index contributed by atoms with van der Waals surface area (Å²) in [5.41, 5.74) is 1.96. The molecule has 4 aliphatic rings. The molecule has 1 atom stereocenters. The van der Waals surface area contributed by atoms with Gasteiger partial charge in [0.15, 0.2) is 0 Å². The van der Waals surface area contributed by atoms with Gasteiger partial charge in [0, 0.05) is 22.8 Å². The summed E-state index contributed by atoms with van der Waals surface area (Å²) >= 11 is 1.76. The van der Waals surface area contributed by atoms with Gasteiger partial charge in [0.25, 0.3) is 0 Å². The molecular formula is C18H20N2O2S. The Morgan fingerprint density at radius 2 is 2.09 bits per heavy atom. The van der Waals surface area contributed by atoms with Crippen molar-refractivity contribution in [3.05, 3.63) is 29.1 Å². The van der Waals surface area contributed by atoms with Crippen LogP contribution >= 0.6 is 11.3 Å². The Morgan fingerprint density at radius 3 is 2.83 bits per heavy atom. The SMILES string of the molecule is Cc1csc2ccc(N3C[C@@]4(CN5CCC4CC5)OC3=O)cc12. The van der Waals surface area contributed by atoms with Gasteiger partial charge in [0.1, 0.15) is 5.60 Å². The number of hydrogen-bond acceptors (Lipinski definition) is 4. The van der Waals surface area contributed by atoms with Gasteiger partial charge in [-0.2, -0.15) is 0 Å². The maximum atomic E-state index is 12.6. The van der Waals surface area contributed by atoms with Gasteiger partial charge < -0.3 is 4.74 Å². The van der Waals surface area contributed by atoms with Gasteiger partial charge in [-0.3, -0.25) is 9.80 Å². The zero-order valence-corrected chi connectivity index (χ0v) is 14.1. The predicted molar refractivity (Wildman–Crippen MR) is 92.3 cm³/mol. The molecule has 23 heavy (non-hydrogen) atoms. The van der Waals surface area contributed by atoms with Crippen molar-refractivity contribution in [2.75, 3.05) is 31.1 Å². The molecule has 4 fully saturated rings. The number of aryl methyl sites for hydroxylation is 1. The van der Waals surface area contributed by atoms with Crippen LogP contribution in [0.1, 0.15) is 18.4 Å². The van der Waals surface area contributed by atoms with Crippen LogP contribution in [0, 0.1) is 12.8 Å². The third kappa shape index (κ3) is 1.96. The number of rotatable bonds is 1. The van der Waals surface area contributed by atoms with E-state index in [1.165, 1.54) is 15.6 Å². The molecule has 2 bridgehead atoms. The van der Waals surface area contributed by atoms with E-state index in [1.54, 1.807) is 11.3 Å². The molecule has 1 spiro atoms. The average molecular weight is 328 g/mol. The third-order valence-electron chi connectivity index (χ3n) is 5.82. The number of anilines is 1. The van der Waals surface area contributed by atoms with E-state index in [-0.39, 0.29) is 11.7 Å². The van der Waals surface area contributed by atoms with E-state index in [0.29, 0.717) is 12.5 Å². The lowest BCUT2D eigenvalue weighted by molar-refractivity contribution is -0.0881. The van der Waals surface area contributed by atoms with Crippen LogP contribution in [0.5, 0.6) is 0 Å². The van der Waals surface area contributed by atoms with Crippen molar-refractivity contribution < 1.29 is 9.53 Å². The molecular weight excluding hydrogens is 308 g/mol. The number of piperidine rings is 3. The summed E-state index contributed by atoms with van der Waals surface area (Å²) in [6, 6.07) is 6.32. The summed E-state index contributed by atoms with van der Waals surface area (Å²) in [5, 5.41) is 3.42. The second-order valence-corrected chi connectivity index (χ2v) is 8.08. The maximum absolute atomic E-state index is 12.6. The largest absolute Gasteiger partial charge is 0.439 e. The van der Waals surface area contributed by atoms with Gasteiger partial charge >= 0.3 is 6.09 Å². The highest BCUT2D eigenvalue weighted by Crippen LogP contribution is 2.43. The van der Waals surface area contributed by atoms with Crippen molar-refractivity contribution in [2.24, 2.45) is 5.92 Å². The average Bonchev–Trinajstić information content (AvgIpc) is 3.09. The molecule has 4 saturated heterocycles. The highest BCUT2D eigenvalue weighted by Gasteiger charge is 2.55. The summed E-state index contributed by atoms with van der Waals surface area (Å²) in [6.07, 6.45) is 2.14. The van der Waals surface area contributed by atoms with Crippen molar-refractivity contribution in [1.82, 2.24) is 4.90 Å². The van der Waals surface area contributed by atoms with Crippen LogP contribution in [-0.4, -0.2) is 42.8 Å². The number of amides is 1. The van der Waals surface area contributed by atoms with Crippen LogP contribution in [-0.2, 0) is 4.74 Å². The molecule has 0 radical (unpaired) electrons. The number of fused-ring (bicyclic) bond motifs is 3.